The Hall–Kier alpha value is -1.64. The Bertz CT molecular complexity index is 540. The number of hydrogen-bond acceptors (Lipinski definition) is 3. The molecule has 0 bridgehead atoms. The molecule has 1 aliphatic carbocycles. The summed E-state index contributed by atoms with van der Waals surface area (Å²) in [7, 11) is 3.66. The zero-order chi connectivity index (χ0) is 15.5. The second kappa shape index (κ2) is 6.64. The van der Waals surface area contributed by atoms with E-state index in [1.807, 2.05) is 13.1 Å². The molecule has 3 heteroatoms. The molecule has 0 aromatic heterocycles. The van der Waals surface area contributed by atoms with Gasteiger partial charge in [-0.1, -0.05) is 25.8 Å². The van der Waals surface area contributed by atoms with Gasteiger partial charge < -0.3 is 15.0 Å². The minimum absolute atomic E-state index is 0.863. The highest BCUT2D eigenvalue weighted by Crippen LogP contribution is 2.39. The van der Waals surface area contributed by atoms with Gasteiger partial charge in [-0.25, -0.2) is 0 Å². The van der Waals surface area contributed by atoms with Crippen LogP contribution in [0.2, 0.25) is 0 Å². The molecule has 1 aromatic rings. The van der Waals surface area contributed by atoms with E-state index in [1.165, 1.54) is 38.6 Å². The van der Waals surface area contributed by atoms with E-state index >= 15 is 0 Å². The predicted molar refractivity (Wildman–Crippen MR) is 93.2 cm³/mol. The number of fused-ring (bicyclic) bond motifs is 1. The van der Waals surface area contributed by atoms with Crippen LogP contribution in [-0.4, -0.2) is 32.1 Å². The van der Waals surface area contributed by atoms with Crippen molar-refractivity contribution in [2.45, 2.75) is 32.1 Å². The Kier molecular flexibility index (Phi) is 4.60. The molecule has 1 N–H and O–H groups in total. The number of rotatable bonds is 4. The van der Waals surface area contributed by atoms with E-state index in [0.29, 0.717) is 0 Å². The second-order valence-corrected chi connectivity index (χ2v) is 6.65. The van der Waals surface area contributed by atoms with Gasteiger partial charge in [-0.3, -0.25) is 0 Å². The number of methoxy groups -OCH3 is 1. The normalized spacial score (nSPS) is 24.5. The number of anilines is 1. The van der Waals surface area contributed by atoms with Gasteiger partial charge in [0.25, 0.3) is 0 Å². The summed E-state index contributed by atoms with van der Waals surface area (Å²) >= 11 is 0. The van der Waals surface area contributed by atoms with Crippen molar-refractivity contribution in [3.63, 3.8) is 0 Å². The molecule has 2 unspecified atom stereocenters. The fourth-order valence-electron chi connectivity index (χ4n) is 4.10. The minimum Gasteiger partial charge on any atom is -0.496 e. The maximum Gasteiger partial charge on any atom is 0.130 e. The highest BCUT2D eigenvalue weighted by Gasteiger charge is 2.32. The molecule has 1 aromatic carbocycles. The van der Waals surface area contributed by atoms with Crippen molar-refractivity contribution < 1.29 is 4.74 Å². The average molecular weight is 300 g/mol. The lowest BCUT2D eigenvalue weighted by Gasteiger charge is -2.43. The lowest BCUT2D eigenvalue weighted by Crippen LogP contribution is -2.40. The van der Waals surface area contributed by atoms with Crippen molar-refractivity contribution in [2.24, 2.45) is 11.8 Å². The van der Waals surface area contributed by atoms with Crippen molar-refractivity contribution in [3.8, 4) is 5.75 Å². The molecule has 1 saturated carbocycles. The maximum absolute atomic E-state index is 5.58. The fraction of sp³-hybridized carbons (Fsp3) is 0.579. The average Bonchev–Trinajstić information content (AvgIpc) is 2.60. The Morgan fingerprint density at radius 3 is 2.73 bits per heavy atom. The summed E-state index contributed by atoms with van der Waals surface area (Å²) in [5.41, 5.74) is 3.30. The van der Waals surface area contributed by atoms with Gasteiger partial charge in [0.2, 0.25) is 0 Å². The first-order chi connectivity index (χ1) is 10.7. The van der Waals surface area contributed by atoms with E-state index in [9.17, 15) is 0 Å². The lowest BCUT2D eigenvalue weighted by atomic mass is 9.75. The first-order valence-corrected chi connectivity index (χ1v) is 8.53. The number of benzene rings is 1. The molecule has 2 atom stereocenters. The molecule has 0 amide bonds. The van der Waals surface area contributed by atoms with Crippen LogP contribution in [0.25, 0.3) is 5.70 Å². The fourth-order valence-corrected chi connectivity index (χ4v) is 4.10. The first kappa shape index (κ1) is 15.3. The molecule has 1 aliphatic heterocycles. The number of ether oxygens (including phenoxy) is 1. The molecule has 0 spiro atoms. The zero-order valence-corrected chi connectivity index (χ0v) is 13.9. The third-order valence-electron chi connectivity index (χ3n) is 5.47. The van der Waals surface area contributed by atoms with Gasteiger partial charge in [-0.05, 0) is 36.8 Å². The highest BCUT2D eigenvalue weighted by atomic mass is 16.5. The SMILES string of the molecule is C=C(c1ccc(NC)cc1OC)N1CCC2CCCCC2C1. The Labute approximate surface area is 134 Å². The third-order valence-corrected chi connectivity index (χ3v) is 5.47. The van der Waals surface area contributed by atoms with Gasteiger partial charge in [0.05, 0.1) is 7.11 Å². The topological polar surface area (TPSA) is 24.5 Å². The van der Waals surface area contributed by atoms with E-state index in [-0.39, 0.29) is 0 Å². The summed E-state index contributed by atoms with van der Waals surface area (Å²) < 4.78 is 5.58. The number of piperidine rings is 1. The Morgan fingerprint density at radius 2 is 2.00 bits per heavy atom. The zero-order valence-electron chi connectivity index (χ0n) is 13.9. The molecule has 3 rings (SSSR count). The van der Waals surface area contributed by atoms with Crippen molar-refractivity contribution in [1.29, 1.82) is 0 Å². The van der Waals surface area contributed by atoms with Crippen LogP contribution in [0.1, 0.15) is 37.7 Å². The van der Waals surface area contributed by atoms with Gasteiger partial charge >= 0.3 is 0 Å². The van der Waals surface area contributed by atoms with Crippen molar-refractivity contribution >= 4 is 11.4 Å². The van der Waals surface area contributed by atoms with E-state index < -0.39 is 0 Å². The molecule has 2 fully saturated rings. The highest BCUT2D eigenvalue weighted by molar-refractivity contribution is 5.70. The van der Waals surface area contributed by atoms with Crippen LogP contribution in [0.5, 0.6) is 5.75 Å². The summed E-state index contributed by atoms with van der Waals surface area (Å²) in [5, 5.41) is 3.16. The monoisotopic (exact) mass is 300 g/mol. The summed E-state index contributed by atoms with van der Waals surface area (Å²) in [5.74, 6) is 2.72. The molecule has 3 nitrogen and oxygen atoms in total. The maximum atomic E-state index is 5.58. The molecule has 1 heterocycles. The number of nitrogens with zero attached hydrogens (tertiary/aromatic N) is 1. The number of hydrogen-bond donors (Lipinski definition) is 1. The second-order valence-electron chi connectivity index (χ2n) is 6.65. The van der Waals surface area contributed by atoms with Crippen molar-refractivity contribution in [3.05, 3.63) is 30.3 Å². The van der Waals surface area contributed by atoms with Crippen LogP contribution in [0.15, 0.2) is 24.8 Å². The molecule has 1 saturated heterocycles. The summed E-state index contributed by atoms with van der Waals surface area (Å²) in [6, 6.07) is 6.27. The van der Waals surface area contributed by atoms with E-state index in [4.69, 9.17) is 4.74 Å². The molecular weight excluding hydrogens is 272 g/mol. The van der Waals surface area contributed by atoms with Crippen LogP contribution < -0.4 is 10.1 Å². The largest absolute Gasteiger partial charge is 0.496 e. The number of nitrogens with one attached hydrogen (secondary N) is 1. The van der Waals surface area contributed by atoms with Gasteiger partial charge in [0, 0.05) is 43.2 Å². The predicted octanol–water partition coefficient (Wildman–Crippen LogP) is 4.22. The van der Waals surface area contributed by atoms with Crippen LogP contribution in [0.4, 0.5) is 5.69 Å². The van der Waals surface area contributed by atoms with Crippen molar-refractivity contribution in [1.82, 2.24) is 4.90 Å². The summed E-state index contributed by atoms with van der Waals surface area (Å²) in [4.78, 5) is 2.48. The van der Waals surface area contributed by atoms with Crippen LogP contribution in [0, 0.1) is 11.8 Å². The van der Waals surface area contributed by atoms with Gasteiger partial charge in [0.15, 0.2) is 0 Å². The van der Waals surface area contributed by atoms with Crippen LogP contribution >= 0.6 is 0 Å². The van der Waals surface area contributed by atoms with E-state index in [0.717, 1.165) is 41.1 Å². The summed E-state index contributed by atoms with van der Waals surface area (Å²) in [6.07, 6.45) is 6.99. The van der Waals surface area contributed by atoms with Crippen LogP contribution in [0.3, 0.4) is 0 Å². The Morgan fingerprint density at radius 1 is 1.23 bits per heavy atom. The van der Waals surface area contributed by atoms with Gasteiger partial charge in [-0.15, -0.1) is 0 Å². The smallest absolute Gasteiger partial charge is 0.130 e. The first-order valence-electron chi connectivity index (χ1n) is 8.53. The van der Waals surface area contributed by atoms with E-state index in [1.54, 1.807) is 7.11 Å². The lowest BCUT2D eigenvalue weighted by molar-refractivity contribution is 0.124. The standard InChI is InChI=1S/C19H28N2O/c1-14(18-9-8-17(20-2)12-19(18)22-3)21-11-10-15-6-4-5-7-16(15)13-21/h8-9,12,15-16,20H,1,4-7,10-11,13H2,2-3H3. The van der Waals surface area contributed by atoms with Gasteiger partial charge in [-0.2, -0.15) is 0 Å². The van der Waals surface area contributed by atoms with Gasteiger partial charge in [0.1, 0.15) is 5.75 Å². The molecular formula is C19H28N2O. The van der Waals surface area contributed by atoms with E-state index in [2.05, 4.69) is 28.9 Å². The molecule has 2 aliphatic rings. The van der Waals surface area contributed by atoms with Crippen molar-refractivity contribution in [2.75, 3.05) is 32.6 Å². The molecule has 22 heavy (non-hydrogen) atoms. The Balaban J connectivity index is 1.76. The van der Waals surface area contributed by atoms with Crippen LogP contribution in [-0.2, 0) is 0 Å². The number of likely N-dealkylation sites (tertiary alicyclic amines) is 1. The molecule has 120 valence electrons. The molecule has 0 radical (unpaired) electrons. The minimum atomic E-state index is 0.863. The summed E-state index contributed by atoms with van der Waals surface area (Å²) in [6.45, 7) is 6.68. The third kappa shape index (κ3) is 2.94. The quantitative estimate of drug-likeness (QED) is 0.901.